The van der Waals surface area contributed by atoms with E-state index in [1.54, 1.807) is 36.7 Å². The fourth-order valence-corrected chi connectivity index (χ4v) is 1.57. The van der Waals surface area contributed by atoms with E-state index in [0.717, 1.165) is 4.47 Å². The first-order chi connectivity index (χ1) is 8.67. The van der Waals surface area contributed by atoms with Crippen molar-refractivity contribution in [3.8, 4) is 6.19 Å². The molecule has 0 saturated carbocycles. The number of benzene rings is 1. The highest BCUT2D eigenvalue weighted by atomic mass is 79.9. The minimum Gasteiger partial charge on any atom is -0.441 e. The Labute approximate surface area is 117 Å². The second-order valence-electron chi connectivity index (χ2n) is 2.97. The van der Waals surface area contributed by atoms with E-state index >= 15 is 0 Å². The van der Waals surface area contributed by atoms with Crippen molar-refractivity contribution in [2.75, 3.05) is 6.26 Å². The molecule has 4 nitrogen and oxygen atoms in total. The first kappa shape index (κ1) is 14.5. The van der Waals surface area contributed by atoms with E-state index in [1.807, 2.05) is 0 Å². The van der Waals surface area contributed by atoms with Crippen molar-refractivity contribution in [2.45, 2.75) is 0 Å². The number of carbonyl (C=O) groups excluding carboxylic acids is 1. The van der Waals surface area contributed by atoms with Gasteiger partial charge >= 0.3 is 0 Å². The minimum atomic E-state index is -0.181. The summed E-state index contributed by atoms with van der Waals surface area (Å²) >= 11 is 4.47. The minimum absolute atomic E-state index is 0.181. The predicted octanol–water partition coefficient (Wildman–Crippen LogP) is 3.36. The van der Waals surface area contributed by atoms with Crippen LogP contribution in [0.5, 0.6) is 0 Å². The summed E-state index contributed by atoms with van der Waals surface area (Å²) in [6.45, 7) is 0. The van der Waals surface area contributed by atoms with Gasteiger partial charge in [0.15, 0.2) is 5.78 Å². The van der Waals surface area contributed by atoms with Crippen LogP contribution >= 0.6 is 27.7 Å². The molecule has 92 valence electrons. The number of nitriles is 1. The number of ether oxygens (including phenoxy) is 1. The molecule has 1 aromatic carbocycles. The highest BCUT2D eigenvalue weighted by Gasteiger charge is 2.01. The van der Waals surface area contributed by atoms with Gasteiger partial charge in [-0.3, -0.25) is 4.79 Å². The van der Waals surface area contributed by atoms with Gasteiger partial charge < -0.3 is 4.74 Å². The lowest BCUT2D eigenvalue weighted by Crippen LogP contribution is -1.96. The van der Waals surface area contributed by atoms with Crippen molar-refractivity contribution in [1.82, 2.24) is 0 Å². The smallest absolute Gasteiger partial charge is 0.265 e. The van der Waals surface area contributed by atoms with Crippen molar-refractivity contribution >= 4 is 38.7 Å². The van der Waals surface area contributed by atoms with Gasteiger partial charge in [0, 0.05) is 16.1 Å². The van der Waals surface area contributed by atoms with E-state index in [4.69, 9.17) is 10.00 Å². The normalized spacial score (nSPS) is 11.3. The van der Waals surface area contributed by atoms with Gasteiger partial charge in [-0.15, -0.1) is 4.99 Å². The molecule has 0 spiro atoms. The molecule has 0 bridgehead atoms. The van der Waals surface area contributed by atoms with Crippen molar-refractivity contribution < 1.29 is 9.53 Å². The van der Waals surface area contributed by atoms with Crippen LogP contribution in [0.1, 0.15) is 10.4 Å². The molecule has 0 unspecified atom stereocenters. The van der Waals surface area contributed by atoms with Crippen LogP contribution in [-0.2, 0) is 4.74 Å². The second kappa shape index (κ2) is 7.69. The van der Waals surface area contributed by atoms with Gasteiger partial charge in [-0.25, -0.2) is 0 Å². The average Bonchev–Trinajstić information content (AvgIpc) is 2.38. The summed E-state index contributed by atoms with van der Waals surface area (Å²) in [6.07, 6.45) is 5.84. The fraction of sp³-hybridized carbons (Fsp3) is 0.0833. The van der Waals surface area contributed by atoms with Gasteiger partial charge in [0.1, 0.15) is 0 Å². The summed E-state index contributed by atoms with van der Waals surface area (Å²) in [5, 5.41) is 8.55. The average molecular weight is 325 g/mol. The fourth-order valence-electron chi connectivity index (χ4n) is 1.03. The lowest BCUT2D eigenvalue weighted by atomic mass is 10.1. The summed E-state index contributed by atoms with van der Waals surface area (Å²) in [7, 11) is 0. The molecule has 0 fully saturated rings. The first-order valence-corrected chi connectivity index (χ1v) is 6.83. The lowest BCUT2D eigenvalue weighted by molar-refractivity contribution is 0.104. The SMILES string of the molecule is CSC(=NC#N)O/C=C/C(=O)c1ccc(Br)cc1. The number of halogens is 1. The number of thioether (sulfide) groups is 1. The van der Waals surface area contributed by atoms with E-state index < -0.39 is 0 Å². The molecule has 0 atom stereocenters. The number of carbonyl (C=O) groups is 1. The van der Waals surface area contributed by atoms with Gasteiger partial charge in [0.2, 0.25) is 6.19 Å². The Bertz CT molecular complexity index is 518. The summed E-state index contributed by atoms with van der Waals surface area (Å²) in [5.74, 6) is -0.181. The summed E-state index contributed by atoms with van der Waals surface area (Å²) in [6, 6.07) is 6.98. The largest absolute Gasteiger partial charge is 0.441 e. The maximum absolute atomic E-state index is 11.7. The van der Waals surface area contributed by atoms with Crippen molar-refractivity contribution in [3.05, 3.63) is 46.6 Å². The first-order valence-electron chi connectivity index (χ1n) is 4.81. The molecule has 0 heterocycles. The van der Waals surface area contributed by atoms with Crippen LogP contribution in [0.2, 0.25) is 0 Å². The third kappa shape index (κ3) is 4.73. The number of aliphatic imine (C=N–C) groups is 1. The van der Waals surface area contributed by atoms with Gasteiger partial charge in [-0.1, -0.05) is 27.7 Å². The molecule has 0 saturated heterocycles. The maximum Gasteiger partial charge on any atom is 0.265 e. The van der Waals surface area contributed by atoms with Crippen molar-refractivity contribution in [3.63, 3.8) is 0 Å². The zero-order valence-electron chi connectivity index (χ0n) is 9.46. The second-order valence-corrected chi connectivity index (χ2v) is 4.65. The number of nitrogens with zero attached hydrogens (tertiary/aromatic N) is 2. The Hall–Kier alpha value is -1.58. The zero-order valence-corrected chi connectivity index (χ0v) is 11.9. The highest BCUT2D eigenvalue weighted by Crippen LogP contribution is 2.11. The van der Waals surface area contributed by atoms with Crippen molar-refractivity contribution in [1.29, 1.82) is 5.26 Å². The van der Waals surface area contributed by atoms with E-state index in [0.29, 0.717) is 5.56 Å². The van der Waals surface area contributed by atoms with E-state index in [1.165, 1.54) is 24.1 Å². The number of ketones is 1. The van der Waals surface area contributed by atoms with Gasteiger partial charge in [-0.2, -0.15) is 5.26 Å². The van der Waals surface area contributed by atoms with Crippen LogP contribution in [0.25, 0.3) is 0 Å². The van der Waals surface area contributed by atoms with Gasteiger partial charge in [0.05, 0.1) is 6.26 Å². The van der Waals surface area contributed by atoms with E-state index in [2.05, 4.69) is 20.9 Å². The Kier molecular flexibility index (Phi) is 6.19. The molecule has 0 aliphatic carbocycles. The predicted molar refractivity (Wildman–Crippen MR) is 75.3 cm³/mol. The molecule has 0 radical (unpaired) electrons. The molecule has 1 aromatic rings. The summed E-state index contributed by atoms with van der Waals surface area (Å²) in [4.78, 5) is 15.1. The molecule has 1 rings (SSSR count). The molecule has 0 aliphatic rings. The zero-order chi connectivity index (χ0) is 13.4. The van der Waals surface area contributed by atoms with Crippen LogP contribution in [0, 0.1) is 11.5 Å². The Morgan fingerprint density at radius 2 is 2.17 bits per heavy atom. The molecule has 0 amide bonds. The van der Waals surface area contributed by atoms with Gasteiger partial charge in [-0.05, 0) is 30.5 Å². The topological polar surface area (TPSA) is 62.4 Å². The monoisotopic (exact) mass is 324 g/mol. The number of hydrogen-bond acceptors (Lipinski definition) is 5. The molecule has 18 heavy (non-hydrogen) atoms. The van der Waals surface area contributed by atoms with Crippen LogP contribution < -0.4 is 0 Å². The quantitative estimate of drug-likeness (QED) is 0.213. The molecule has 6 heteroatoms. The molecular weight excluding hydrogens is 316 g/mol. The molecule has 0 aliphatic heterocycles. The summed E-state index contributed by atoms with van der Waals surface area (Å²) in [5.41, 5.74) is 0.556. The molecule has 0 N–H and O–H groups in total. The molecule has 0 aromatic heterocycles. The van der Waals surface area contributed by atoms with Crippen LogP contribution in [0.15, 0.2) is 46.1 Å². The Morgan fingerprint density at radius 3 is 2.72 bits per heavy atom. The van der Waals surface area contributed by atoms with Crippen LogP contribution in [-0.4, -0.2) is 17.3 Å². The molecular formula is C12H9BrN2O2S. The standard InChI is InChI=1S/C12H9BrN2O2S/c1-18-12(15-8-14)17-7-6-11(16)9-2-4-10(13)5-3-9/h2-7H,1H3/b7-6+,15-12?. The van der Waals surface area contributed by atoms with Crippen LogP contribution in [0.4, 0.5) is 0 Å². The van der Waals surface area contributed by atoms with E-state index in [-0.39, 0.29) is 11.0 Å². The lowest BCUT2D eigenvalue weighted by Gasteiger charge is -1.98. The maximum atomic E-state index is 11.7. The summed E-state index contributed by atoms with van der Waals surface area (Å²) < 4.78 is 5.93. The highest BCUT2D eigenvalue weighted by molar-refractivity contribution is 9.10. The Morgan fingerprint density at radius 1 is 1.50 bits per heavy atom. The number of allylic oxidation sites excluding steroid dienone is 1. The number of rotatable bonds is 3. The van der Waals surface area contributed by atoms with Crippen LogP contribution in [0.3, 0.4) is 0 Å². The van der Waals surface area contributed by atoms with Crippen molar-refractivity contribution in [2.24, 2.45) is 4.99 Å². The Balaban J connectivity index is 2.63. The third-order valence-corrected chi connectivity index (χ3v) is 2.90. The number of hydrogen-bond donors (Lipinski definition) is 0. The van der Waals surface area contributed by atoms with E-state index in [9.17, 15) is 4.79 Å². The third-order valence-electron chi connectivity index (χ3n) is 1.83. The van der Waals surface area contributed by atoms with Gasteiger partial charge in [0.25, 0.3) is 5.23 Å².